The predicted molar refractivity (Wildman–Crippen MR) is 82.2 cm³/mol. The molecule has 3 heterocycles. The number of hydrogen-bond donors (Lipinski definition) is 0. The molecule has 0 fully saturated rings. The van der Waals surface area contributed by atoms with Gasteiger partial charge >= 0.3 is 0 Å². The molecule has 0 aliphatic carbocycles. The van der Waals surface area contributed by atoms with Crippen LogP contribution in [-0.2, 0) is 6.42 Å². The molecule has 0 amide bonds. The molecule has 0 aliphatic rings. The molecule has 1 aromatic carbocycles. The summed E-state index contributed by atoms with van der Waals surface area (Å²) in [5.41, 5.74) is 2.98. The Kier molecular flexibility index (Phi) is 3.07. The lowest BCUT2D eigenvalue weighted by Crippen LogP contribution is -2.11. The Bertz CT molecular complexity index is 970. The third kappa shape index (κ3) is 2.44. The van der Waals surface area contributed by atoms with Crippen molar-refractivity contribution in [3.63, 3.8) is 0 Å². The topological polar surface area (TPSA) is 86.7 Å². The van der Waals surface area contributed by atoms with Crippen molar-refractivity contribution in [2.24, 2.45) is 0 Å². The van der Waals surface area contributed by atoms with E-state index in [-0.39, 0.29) is 0 Å². The van der Waals surface area contributed by atoms with Crippen LogP contribution >= 0.6 is 0 Å². The van der Waals surface area contributed by atoms with Crippen LogP contribution in [0.15, 0.2) is 36.4 Å². The summed E-state index contributed by atoms with van der Waals surface area (Å²) in [6.45, 7) is 3.87. The van der Waals surface area contributed by atoms with Crippen molar-refractivity contribution in [3.8, 4) is 5.95 Å². The quantitative estimate of drug-likeness (QED) is 0.567. The van der Waals surface area contributed by atoms with Crippen LogP contribution in [0.1, 0.15) is 22.8 Å². The average Bonchev–Trinajstić information content (AvgIpc) is 3.11. The van der Waals surface area contributed by atoms with Gasteiger partial charge in [0.05, 0.1) is 5.69 Å². The van der Waals surface area contributed by atoms with Crippen molar-refractivity contribution in [1.82, 2.24) is 39.8 Å². The van der Waals surface area contributed by atoms with E-state index in [4.69, 9.17) is 0 Å². The number of fused-ring (bicyclic) bond motifs is 1. The van der Waals surface area contributed by atoms with Gasteiger partial charge in [-0.2, -0.15) is 9.61 Å². The number of hydrogen-bond acceptors (Lipinski definition) is 6. The molecule has 0 saturated heterocycles. The van der Waals surface area contributed by atoms with Crippen LogP contribution < -0.4 is 0 Å². The van der Waals surface area contributed by atoms with Gasteiger partial charge in [0.2, 0.25) is 0 Å². The molecule has 0 spiro atoms. The standard InChI is InChI=1S/C15H14N8/c1-10-8-11(2)22(20-10)15-19-18-14-17-16-13(23(14)21-15)9-12-6-4-3-5-7-12/h3-8H,9H2,1-2H3. The van der Waals surface area contributed by atoms with Gasteiger partial charge in [-0.3, -0.25) is 0 Å². The fourth-order valence-corrected chi connectivity index (χ4v) is 2.47. The molecule has 0 radical (unpaired) electrons. The van der Waals surface area contributed by atoms with Gasteiger partial charge in [0.25, 0.3) is 11.7 Å². The van der Waals surface area contributed by atoms with Gasteiger partial charge < -0.3 is 0 Å². The summed E-state index contributed by atoms with van der Waals surface area (Å²) in [5.74, 6) is 1.49. The summed E-state index contributed by atoms with van der Waals surface area (Å²) in [6.07, 6.45) is 0.622. The van der Waals surface area contributed by atoms with Gasteiger partial charge in [0, 0.05) is 12.1 Å². The van der Waals surface area contributed by atoms with E-state index in [1.54, 1.807) is 9.20 Å². The van der Waals surface area contributed by atoms with Gasteiger partial charge in [-0.1, -0.05) is 30.3 Å². The number of aryl methyl sites for hydroxylation is 2. The maximum Gasteiger partial charge on any atom is 0.290 e. The monoisotopic (exact) mass is 306 g/mol. The summed E-state index contributed by atoms with van der Waals surface area (Å²) >= 11 is 0. The van der Waals surface area contributed by atoms with E-state index in [9.17, 15) is 0 Å². The third-order valence-corrected chi connectivity index (χ3v) is 3.51. The van der Waals surface area contributed by atoms with Crippen LogP contribution in [0, 0.1) is 13.8 Å². The zero-order chi connectivity index (χ0) is 15.8. The summed E-state index contributed by atoms with van der Waals surface area (Å²) < 4.78 is 3.28. The van der Waals surface area contributed by atoms with E-state index in [0.717, 1.165) is 17.0 Å². The molecule has 0 aliphatic heterocycles. The first kappa shape index (κ1) is 13.5. The molecule has 0 atom stereocenters. The average molecular weight is 306 g/mol. The Morgan fingerprint density at radius 3 is 2.43 bits per heavy atom. The Labute approximate surface area is 131 Å². The zero-order valence-corrected chi connectivity index (χ0v) is 12.7. The molecule has 4 aromatic rings. The van der Waals surface area contributed by atoms with E-state index in [0.29, 0.717) is 24.0 Å². The SMILES string of the molecule is Cc1cc(C)n(-c2nnc3nnc(Cc4ccccc4)n3n2)n1. The van der Waals surface area contributed by atoms with Crippen LogP contribution in [0.25, 0.3) is 11.7 Å². The van der Waals surface area contributed by atoms with E-state index >= 15 is 0 Å². The molecule has 0 bridgehead atoms. The van der Waals surface area contributed by atoms with E-state index in [1.807, 2.05) is 50.2 Å². The van der Waals surface area contributed by atoms with Crippen LogP contribution in [0.4, 0.5) is 0 Å². The second kappa shape index (κ2) is 5.24. The lowest BCUT2D eigenvalue weighted by molar-refractivity contribution is 0.687. The maximum atomic E-state index is 4.49. The summed E-state index contributed by atoms with van der Waals surface area (Å²) in [7, 11) is 0. The highest BCUT2D eigenvalue weighted by molar-refractivity contribution is 5.28. The number of benzene rings is 1. The highest BCUT2D eigenvalue weighted by atomic mass is 15.5. The molecular formula is C15H14N8. The lowest BCUT2D eigenvalue weighted by atomic mass is 10.1. The molecule has 0 saturated carbocycles. The summed E-state index contributed by atoms with van der Waals surface area (Å²) in [5, 5.41) is 25.2. The largest absolute Gasteiger partial charge is 0.290 e. The van der Waals surface area contributed by atoms with Crippen LogP contribution in [0.2, 0.25) is 0 Å². The van der Waals surface area contributed by atoms with Gasteiger partial charge in [-0.05, 0) is 25.5 Å². The molecule has 4 rings (SSSR count). The minimum absolute atomic E-state index is 0.376. The van der Waals surface area contributed by atoms with E-state index in [2.05, 4.69) is 30.6 Å². The van der Waals surface area contributed by atoms with Crippen molar-refractivity contribution in [2.45, 2.75) is 20.3 Å². The van der Waals surface area contributed by atoms with Crippen molar-refractivity contribution in [1.29, 1.82) is 0 Å². The van der Waals surface area contributed by atoms with Gasteiger partial charge in [0.1, 0.15) is 0 Å². The Hall–Kier alpha value is -3.16. The fraction of sp³-hybridized carbons (Fsp3) is 0.200. The lowest BCUT2D eigenvalue weighted by Gasteiger charge is -2.03. The molecule has 8 heteroatoms. The number of rotatable bonds is 3. The normalized spacial score (nSPS) is 11.2. The molecule has 23 heavy (non-hydrogen) atoms. The Balaban J connectivity index is 1.79. The Morgan fingerprint density at radius 2 is 1.70 bits per heavy atom. The minimum Gasteiger partial charge on any atom is -0.200 e. The second-order valence-electron chi connectivity index (χ2n) is 5.33. The Morgan fingerprint density at radius 1 is 0.913 bits per heavy atom. The van der Waals surface area contributed by atoms with Crippen LogP contribution in [-0.4, -0.2) is 39.8 Å². The van der Waals surface area contributed by atoms with Crippen LogP contribution in [0.3, 0.4) is 0 Å². The summed E-state index contributed by atoms with van der Waals surface area (Å²) in [6, 6.07) is 12.0. The molecule has 8 nitrogen and oxygen atoms in total. The van der Waals surface area contributed by atoms with Crippen molar-refractivity contribution < 1.29 is 0 Å². The third-order valence-electron chi connectivity index (χ3n) is 3.51. The van der Waals surface area contributed by atoms with Crippen molar-refractivity contribution >= 4 is 5.78 Å². The van der Waals surface area contributed by atoms with Crippen molar-refractivity contribution in [2.75, 3.05) is 0 Å². The zero-order valence-electron chi connectivity index (χ0n) is 12.7. The highest BCUT2D eigenvalue weighted by Gasteiger charge is 2.13. The fourth-order valence-electron chi connectivity index (χ4n) is 2.47. The van der Waals surface area contributed by atoms with E-state index < -0.39 is 0 Å². The minimum atomic E-state index is 0.376. The molecule has 0 N–H and O–H groups in total. The molecular weight excluding hydrogens is 292 g/mol. The number of aromatic nitrogens is 8. The second-order valence-corrected chi connectivity index (χ2v) is 5.33. The smallest absolute Gasteiger partial charge is 0.200 e. The first-order valence-corrected chi connectivity index (χ1v) is 7.23. The van der Waals surface area contributed by atoms with E-state index in [1.165, 1.54) is 0 Å². The number of nitrogens with zero attached hydrogens (tertiary/aromatic N) is 8. The predicted octanol–water partition coefficient (Wildman–Crippen LogP) is 1.31. The molecule has 114 valence electrons. The van der Waals surface area contributed by atoms with Gasteiger partial charge in [-0.15, -0.1) is 25.5 Å². The van der Waals surface area contributed by atoms with Gasteiger partial charge in [-0.25, -0.2) is 4.68 Å². The van der Waals surface area contributed by atoms with Gasteiger partial charge in [0.15, 0.2) is 5.82 Å². The first-order chi connectivity index (χ1) is 11.2. The highest BCUT2D eigenvalue weighted by Crippen LogP contribution is 2.10. The van der Waals surface area contributed by atoms with Crippen LogP contribution in [0.5, 0.6) is 0 Å². The maximum absolute atomic E-state index is 4.49. The summed E-state index contributed by atoms with van der Waals surface area (Å²) in [4.78, 5) is 0. The van der Waals surface area contributed by atoms with Crippen molar-refractivity contribution in [3.05, 3.63) is 59.2 Å². The molecule has 0 unspecified atom stereocenters. The first-order valence-electron chi connectivity index (χ1n) is 7.23. The molecule has 3 aromatic heterocycles.